The first-order chi connectivity index (χ1) is 8.63. The molecule has 0 fully saturated rings. The number of halogens is 1. The normalized spacial score (nSPS) is 12.2. The maximum Gasteiger partial charge on any atom is 0.338 e. The Morgan fingerprint density at radius 1 is 1.33 bits per heavy atom. The van der Waals surface area contributed by atoms with E-state index in [9.17, 15) is 9.90 Å². The van der Waals surface area contributed by atoms with Crippen molar-refractivity contribution in [3.05, 3.63) is 34.9 Å². The second kappa shape index (κ2) is 8.11. The van der Waals surface area contributed by atoms with Crippen molar-refractivity contribution < 1.29 is 14.6 Å². The van der Waals surface area contributed by atoms with Crippen molar-refractivity contribution in [2.75, 3.05) is 6.61 Å². The van der Waals surface area contributed by atoms with Crippen LogP contribution in [0.5, 0.6) is 0 Å². The van der Waals surface area contributed by atoms with Gasteiger partial charge in [0.15, 0.2) is 0 Å². The van der Waals surface area contributed by atoms with E-state index in [-0.39, 0.29) is 6.61 Å². The van der Waals surface area contributed by atoms with Crippen molar-refractivity contribution in [3.8, 4) is 0 Å². The van der Waals surface area contributed by atoms with Crippen LogP contribution in [0.4, 0.5) is 0 Å². The number of hydrogen-bond donors (Lipinski definition) is 1. The van der Waals surface area contributed by atoms with Gasteiger partial charge in [0.1, 0.15) is 6.61 Å². The van der Waals surface area contributed by atoms with Crippen molar-refractivity contribution in [1.82, 2.24) is 0 Å². The van der Waals surface area contributed by atoms with Crippen LogP contribution in [-0.2, 0) is 4.74 Å². The highest BCUT2D eigenvalue weighted by molar-refractivity contribution is 6.30. The number of aliphatic hydroxyl groups is 1. The van der Waals surface area contributed by atoms with Gasteiger partial charge < -0.3 is 9.84 Å². The molecule has 0 aromatic heterocycles. The molecule has 0 saturated carbocycles. The summed E-state index contributed by atoms with van der Waals surface area (Å²) >= 11 is 5.72. The van der Waals surface area contributed by atoms with Gasteiger partial charge in [0.2, 0.25) is 0 Å². The van der Waals surface area contributed by atoms with E-state index in [1.807, 2.05) is 0 Å². The highest BCUT2D eigenvalue weighted by atomic mass is 35.5. The maximum atomic E-state index is 11.6. The van der Waals surface area contributed by atoms with E-state index in [0.29, 0.717) is 17.0 Å². The molecule has 0 saturated heterocycles. The van der Waals surface area contributed by atoms with E-state index in [1.54, 1.807) is 24.3 Å². The zero-order valence-corrected chi connectivity index (χ0v) is 11.3. The summed E-state index contributed by atoms with van der Waals surface area (Å²) in [6.45, 7) is 2.15. The molecule has 0 aliphatic heterocycles. The number of hydrogen-bond acceptors (Lipinski definition) is 3. The predicted molar refractivity (Wildman–Crippen MR) is 71.9 cm³/mol. The third-order valence-electron chi connectivity index (χ3n) is 2.63. The number of rotatable bonds is 7. The molecular formula is C14H19ClO3. The van der Waals surface area contributed by atoms with Gasteiger partial charge in [-0.3, -0.25) is 0 Å². The smallest absolute Gasteiger partial charge is 0.338 e. The first-order valence-electron chi connectivity index (χ1n) is 6.24. The Labute approximate surface area is 113 Å². The molecule has 18 heavy (non-hydrogen) atoms. The minimum atomic E-state index is -0.576. The van der Waals surface area contributed by atoms with Crippen LogP contribution in [0.1, 0.15) is 43.0 Å². The standard InChI is InChI=1S/C14H19ClO3/c1-2-3-4-5-13(16)10-18-14(17)11-6-8-12(15)9-7-11/h6-9,13,16H,2-5,10H2,1H3/t13-/m0/s1. The Balaban J connectivity index is 2.30. The lowest BCUT2D eigenvalue weighted by Gasteiger charge is -2.11. The molecule has 1 rings (SSSR count). The molecule has 0 spiro atoms. The van der Waals surface area contributed by atoms with E-state index >= 15 is 0 Å². The maximum absolute atomic E-state index is 11.6. The lowest BCUT2D eigenvalue weighted by atomic mass is 10.1. The summed E-state index contributed by atoms with van der Waals surface area (Å²) in [5.41, 5.74) is 0.445. The summed E-state index contributed by atoms with van der Waals surface area (Å²) in [7, 11) is 0. The zero-order chi connectivity index (χ0) is 13.4. The third kappa shape index (κ3) is 5.52. The number of benzene rings is 1. The molecule has 0 radical (unpaired) electrons. The fraction of sp³-hybridized carbons (Fsp3) is 0.500. The Hall–Kier alpha value is -1.06. The van der Waals surface area contributed by atoms with Gasteiger partial charge >= 0.3 is 5.97 Å². The van der Waals surface area contributed by atoms with Gasteiger partial charge in [-0.1, -0.05) is 37.8 Å². The van der Waals surface area contributed by atoms with Gasteiger partial charge in [-0.15, -0.1) is 0 Å². The van der Waals surface area contributed by atoms with Gasteiger partial charge in [0, 0.05) is 5.02 Å². The van der Waals surface area contributed by atoms with Crippen LogP contribution < -0.4 is 0 Å². The average Bonchev–Trinajstić information content (AvgIpc) is 2.37. The summed E-state index contributed by atoms with van der Waals surface area (Å²) in [5, 5.41) is 10.2. The van der Waals surface area contributed by atoms with Crippen LogP contribution in [-0.4, -0.2) is 23.8 Å². The zero-order valence-electron chi connectivity index (χ0n) is 10.6. The highest BCUT2D eigenvalue weighted by Gasteiger charge is 2.10. The number of esters is 1. The number of carbonyl (C=O) groups excluding carboxylic acids is 1. The Kier molecular flexibility index (Phi) is 6.76. The molecular weight excluding hydrogens is 252 g/mol. The van der Waals surface area contributed by atoms with E-state index in [1.165, 1.54) is 0 Å². The van der Waals surface area contributed by atoms with Crippen LogP contribution in [0.2, 0.25) is 5.02 Å². The Morgan fingerprint density at radius 3 is 2.61 bits per heavy atom. The van der Waals surface area contributed by atoms with Crippen molar-refractivity contribution in [3.63, 3.8) is 0 Å². The molecule has 4 heteroatoms. The summed E-state index contributed by atoms with van der Waals surface area (Å²) in [6, 6.07) is 6.48. The van der Waals surface area contributed by atoms with Crippen molar-refractivity contribution in [1.29, 1.82) is 0 Å². The fourth-order valence-electron chi connectivity index (χ4n) is 1.55. The lowest BCUT2D eigenvalue weighted by Crippen LogP contribution is -2.18. The molecule has 0 unspecified atom stereocenters. The lowest BCUT2D eigenvalue weighted by molar-refractivity contribution is 0.0233. The third-order valence-corrected chi connectivity index (χ3v) is 2.88. The predicted octanol–water partition coefficient (Wildman–Crippen LogP) is 3.44. The molecule has 1 aromatic rings. The van der Waals surface area contributed by atoms with E-state index in [2.05, 4.69) is 6.92 Å². The minimum Gasteiger partial charge on any atom is -0.459 e. The largest absolute Gasteiger partial charge is 0.459 e. The summed E-state index contributed by atoms with van der Waals surface area (Å²) in [5.74, 6) is -0.429. The molecule has 3 nitrogen and oxygen atoms in total. The highest BCUT2D eigenvalue weighted by Crippen LogP contribution is 2.11. The number of carbonyl (C=O) groups is 1. The number of unbranched alkanes of at least 4 members (excludes halogenated alkanes) is 2. The van der Waals surface area contributed by atoms with E-state index in [4.69, 9.17) is 16.3 Å². The Bertz CT molecular complexity index is 362. The second-order valence-electron chi connectivity index (χ2n) is 4.25. The van der Waals surface area contributed by atoms with Gasteiger partial charge in [-0.2, -0.15) is 0 Å². The Morgan fingerprint density at radius 2 is 2.00 bits per heavy atom. The molecule has 1 N–H and O–H groups in total. The second-order valence-corrected chi connectivity index (χ2v) is 4.69. The molecule has 0 aliphatic rings. The molecule has 1 atom stereocenters. The monoisotopic (exact) mass is 270 g/mol. The van der Waals surface area contributed by atoms with Crippen molar-refractivity contribution >= 4 is 17.6 Å². The van der Waals surface area contributed by atoms with Crippen LogP contribution in [0.3, 0.4) is 0 Å². The van der Waals surface area contributed by atoms with E-state index in [0.717, 1.165) is 19.3 Å². The first kappa shape index (κ1) is 15.0. The summed E-state index contributed by atoms with van der Waals surface area (Å²) in [4.78, 5) is 11.6. The van der Waals surface area contributed by atoms with Gasteiger partial charge in [0.05, 0.1) is 11.7 Å². The molecule has 0 amide bonds. The van der Waals surface area contributed by atoms with Gasteiger partial charge in [-0.25, -0.2) is 4.79 Å². The quantitative estimate of drug-likeness (QED) is 0.610. The summed E-state index contributed by atoms with van der Waals surface area (Å²) < 4.78 is 5.03. The first-order valence-corrected chi connectivity index (χ1v) is 6.62. The van der Waals surface area contributed by atoms with Gasteiger partial charge in [-0.05, 0) is 30.7 Å². The molecule has 1 aromatic carbocycles. The van der Waals surface area contributed by atoms with Crippen LogP contribution >= 0.6 is 11.6 Å². The topological polar surface area (TPSA) is 46.5 Å². The fourth-order valence-corrected chi connectivity index (χ4v) is 1.68. The molecule has 100 valence electrons. The van der Waals surface area contributed by atoms with Crippen LogP contribution in [0.25, 0.3) is 0 Å². The minimum absolute atomic E-state index is 0.0468. The average molecular weight is 271 g/mol. The van der Waals surface area contributed by atoms with Crippen LogP contribution in [0, 0.1) is 0 Å². The number of ether oxygens (including phenoxy) is 1. The van der Waals surface area contributed by atoms with Crippen molar-refractivity contribution in [2.24, 2.45) is 0 Å². The summed E-state index contributed by atoms with van der Waals surface area (Å²) in [6.07, 6.45) is 3.24. The SMILES string of the molecule is CCCCC[C@H](O)COC(=O)c1ccc(Cl)cc1. The molecule has 0 heterocycles. The van der Waals surface area contributed by atoms with Crippen molar-refractivity contribution in [2.45, 2.75) is 38.7 Å². The molecule has 0 bridgehead atoms. The van der Waals surface area contributed by atoms with Gasteiger partial charge in [0.25, 0.3) is 0 Å². The van der Waals surface area contributed by atoms with E-state index < -0.39 is 12.1 Å². The number of aliphatic hydroxyl groups excluding tert-OH is 1. The molecule has 0 aliphatic carbocycles. The van der Waals surface area contributed by atoms with Crippen LogP contribution in [0.15, 0.2) is 24.3 Å².